The first-order chi connectivity index (χ1) is 35.9. The predicted molar refractivity (Wildman–Crippen MR) is 277 cm³/mol. The monoisotopic (exact) mass is 994 g/mol. The van der Waals surface area contributed by atoms with Crippen LogP contribution >= 0.6 is 0 Å². The van der Waals surface area contributed by atoms with Crippen LogP contribution in [0, 0.1) is 5.82 Å². The van der Waals surface area contributed by atoms with Crippen molar-refractivity contribution in [3.05, 3.63) is 143 Å². The Morgan fingerprint density at radius 1 is 0.797 bits per heavy atom. The third-order valence-electron chi connectivity index (χ3n) is 15.2. The van der Waals surface area contributed by atoms with Crippen molar-refractivity contribution in [3.63, 3.8) is 0 Å². The van der Waals surface area contributed by atoms with E-state index in [4.69, 9.17) is 15.0 Å². The van der Waals surface area contributed by atoms with E-state index in [9.17, 15) is 19.5 Å². The number of likely N-dealkylation sites (N-methyl/N-ethyl adjacent to an activating group) is 1. The van der Waals surface area contributed by atoms with Gasteiger partial charge in [0, 0.05) is 118 Å². The highest BCUT2D eigenvalue weighted by Crippen LogP contribution is 2.40. The molecule has 1 atom stereocenters. The van der Waals surface area contributed by atoms with Gasteiger partial charge < -0.3 is 40.7 Å². The molecule has 1 aromatic carbocycles. The van der Waals surface area contributed by atoms with Crippen LogP contribution in [0.5, 0.6) is 0 Å². The molecule has 7 aromatic heterocycles. The van der Waals surface area contributed by atoms with E-state index in [-0.39, 0.29) is 36.0 Å². The molecule has 0 radical (unpaired) electrons. The summed E-state index contributed by atoms with van der Waals surface area (Å²) in [7, 11) is 5.96. The van der Waals surface area contributed by atoms with Gasteiger partial charge in [0.1, 0.15) is 34.3 Å². The molecule has 0 saturated carbocycles. The Morgan fingerprint density at radius 3 is 2.38 bits per heavy atom. The molecule has 5 N–H and O–H groups in total. The van der Waals surface area contributed by atoms with Gasteiger partial charge >= 0.3 is 0 Å². The fraction of sp³-hybridized carbons (Fsp3) is 0.309. The van der Waals surface area contributed by atoms with Gasteiger partial charge in [0.2, 0.25) is 5.91 Å². The summed E-state index contributed by atoms with van der Waals surface area (Å²) in [6.45, 7) is 4.14. The first-order valence-electron chi connectivity index (χ1n) is 25.0. The second-order valence-electron chi connectivity index (χ2n) is 20.1. The molecule has 0 bridgehead atoms. The third kappa shape index (κ3) is 8.45. The summed E-state index contributed by atoms with van der Waals surface area (Å²) >= 11 is 0. The number of aromatic nitrogens is 7. The number of hydrogen-bond acceptors (Lipinski definition) is 13. The number of halogens is 1. The fourth-order valence-electron chi connectivity index (χ4n) is 11.1. The number of aryl methyl sites for hydroxylation is 1. The zero-order valence-corrected chi connectivity index (χ0v) is 41.3. The van der Waals surface area contributed by atoms with E-state index in [0.29, 0.717) is 102 Å². The Hall–Kier alpha value is -8.13. The molecule has 376 valence electrons. The van der Waals surface area contributed by atoms with Crippen LogP contribution in [0.4, 0.5) is 27.4 Å². The molecular formula is C55H55FN14O4. The van der Waals surface area contributed by atoms with Crippen LogP contribution < -0.4 is 21.3 Å². The molecule has 12 rings (SSSR count). The van der Waals surface area contributed by atoms with Gasteiger partial charge in [-0.25, -0.2) is 24.3 Å². The van der Waals surface area contributed by atoms with Crippen LogP contribution in [0.25, 0.3) is 39.2 Å². The second-order valence-corrected chi connectivity index (χ2v) is 20.1. The molecule has 0 aliphatic carbocycles. The fourth-order valence-corrected chi connectivity index (χ4v) is 11.1. The SMILES string of the molecule is CN(C)CCN1CCC(c2ccc(Nc3ccc(-c4cnc5c(CN6CCC(O)(c7cccc(Nc8cnc(-c9ccnc%10c9ccn%10C)c9c8C(=O)NC9)n7)CC6)c(F)ccn45)c4c3C(=O)NC4)nc2)CC1=O. The molecule has 2 saturated heterocycles. The zero-order chi connectivity index (χ0) is 50.8. The molecule has 1 unspecified atom stereocenters. The second kappa shape index (κ2) is 18.7. The number of imidazole rings is 1. The highest BCUT2D eigenvalue weighted by molar-refractivity contribution is 6.07. The number of carbonyl (C=O) groups excluding carboxylic acids is 3. The summed E-state index contributed by atoms with van der Waals surface area (Å²) in [5.74, 6) is 0.513. The first kappa shape index (κ1) is 46.9. The van der Waals surface area contributed by atoms with E-state index in [1.54, 1.807) is 36.9 Å². The molecule has 4 aliphatic rings. The number of likely N-dealkylation sites (tertiary alicyclic amines) is 2. The van der Waals surface area contributed by atoms with E-state index in [2.05, 4.69) is 41.0 Å². The zero-order valence-electron chi connectivity index (χ0n) is 41.3. The Balaban J connectivity index is 0.724. The normalized spacial score (nSPS) is 17.5. The van der Waals surface area contributed by atoms with Crippen LogP contribution in [-0.4, -0.2) is 118 Å². The summed E-state index contributed by atoms with van der Waals surface area (Å²) in [5.41, 5.74) is 8.82. The van der Waals surface area contributed by atoms with Gasteiger partial charge in [-0.3, -0.25) is 28.7 Å². The maximum atomic E-state index is 15.9. The van der Waals surface area contributed by atoms with E-state index < -0.39 is 5.60 Å². The number of aliphatic hydroxyl groups is 1. The minimum absolute atomic E-state index is 0.106. The standard InChI is InChI=1S/C55H55FN14O4/c1-66(2)23-24-69-19-12-32(25-47(69)71)33-7-10-45(58-26-33)63-41-9-8-34(37-27-61-53(72)48(37)41)43-30-60-52-39(40(56)14-20-70(43)52)31-68-21-15-55(74,16-22-68)44-5-4-6-46(65-44)64-42-29-59-50(38-28-62-54(73)49(38)42)35-11-17-57-51-36(35)13-18-67(51)3/h4-11,13-14,17-18,20,26,29-30,32,74H,12,15-16,19,21-25,27-28,31H2,1-3H3,(H,58,63)(H,61,72)(H,62,73)(H,64,65). The molecule has 0 spiro atoms. The van der Waals surface area contributed by atoms with Gasteiger partial charge in [-0.2, -0.15) is 0 Å². The number of amides is 3. The predicted octanol–water partition coefficient (Wildman–Crippen LogP) is 6.60. The van der Waals surface area contributed by atoms with Crippen molar-refractivity contribution in [2.24, 2.45) is 7.05 Å². The topological polar surface area (TPSA) is 203 Å². The molecule has 3 amide bonds. The van der Waals surface area contributed by atoms with E-state index in [1.165, 1.54) is 6.07 Å². The largest absolute Gasteiger partial charge is 0.383 e. The Bertz CT molecular complexity index is 3550. The number of nitrogens with one attached hydrogen (secondary N) is 4. The van der Waals surface area contributed by atoms with E-state index in [0.717, 1.165) is 70.6 Å². The Labute approximate surface area is 425 Å². The average Bonchev–Trinajstić information content (AvgIpc) is 4.22. The molecule has 8 aromatic rings. The number of benzene rings is 1. The molecule has 19 heteroatoms. The number of anilines is 4. The third-order valence-corrected chi connectivity index (χ3v) is 15.2. The van der Waals surface area contributed by atoms with E-state index in [1.807, 2.05) is 89.9 Å². The smallest absolute Gasteiger partial charge is 0.254 e. The number of hydrogen-bond donors (Lipinski definition) is 5. The number of pyridine rings is 5. The lowest BCUT2D eigenvalue weighted by molar-refractivity contribution is -0.134. The van der Waals surface area contributed by atoms with Crippen molar-refractivity contribution in [2.75, 3.05) is 57.5 Å². The van der Waals surface area contributed by atoms with Crippen molar-refractivity contribution in [1.82, 2.24) is 59.2 Å². The van der Waals surface area contributed by atoms with Crippen molar-refractivity contribution >= 4 is 57.4 Å². The summed E-state index contributed by atoms with van der Waals surface area (Å²) in [5, 5.41) is 25.6. The molecular weight excluding hydrogens is 940 g/mol. The Kier molecular flexibility index (Phi) is 11.9. The number of fused-ring (bicyclic) bond motifs is 4. The highest BCUT2D eigenvalue weighted by atomic mass is 19.1. The van der Waals surface area contributed by atoms with Crippen molar-refractivity contribution < 1.29 is 23.9 Å². The number of piperidine rings is 2. The molecule has 4 aliphatic heterocycles. The lowest BCUT2D eigenvalue weighted by Gasteiger charge is -2.38. The van der Waals surface area contributed by atoms with Crippen molar-refractivity contribution in [2.45, 2.75) is 56.8 Å². The minimum Gasteiger partial charge on any atom is -0.383 e. The van der Waals surface area contributed by atoms with Gasteiger partial charge in [0.05, 0.1) is 52.0 Å². The summed E-state index contributed by atoms with van der Waals surface area (Å²) in [6.07, 6.45) is 12.6. The van der Waals surface area contributed by atoms with Gasteiger partial charge in [0.25, 0.3) is 11.8 Å². The Morgan fingerprint density at radius 2 is 1.59 bits per heavy atom. The van der Waals surface area contributed by atoms with E-state index >= 15 is 4.39 Å². The minimum atomic E-state index is -1.25. The maximum Gasteiger partial charge on any atom is 0.254 e. The van der Waals surface area contributed by atoms with Crippen LogP contribution in [0.15, 0.2) is 97.8 Å². The summed E-state index contributed by atoms with van der Waals surface area (Å²) in [4.78, 5) is 69.4. The van der Waals surface area contributed by atoms with Gasteiger partial charge in [-0.1, -0.05) is 18.2 Å². The number of rotatable bonds is 13. The lowest BCUT2D eigenvalue weighted by Crippen LogP contribution is -2.42. The number of nitrogens with zero attached hydrogens (tertiary/aromatic N) is 10. The van der Waals surface area contributed by atoms with Gasteiger partial charge in [-0.15, -0.1) is 0 Å². The molecule has 11 heterocycles. The lowest BCUT2D eigenvalue weighted by atomic mass is 9.87. The van der Waals surface area contributed by atoms with Gasteiger partial charge in [0.15, 0.2) is 0 Å². The summed E-state index contributed by atoms with van der Waals surface area (Å²) < 4.78 is 19.7. The van der Waals surface area contributed by atoms with Crippen LogP contribution in [0.1, 0.15) is 80.3 Å². The van der Waals surface area contributed by atoms with Gasteiger partial charge in [-0.05, 0) is 92.9 Å². The molecule has 74 heavy (non-hydrogen) atoms. The average molecular weight is 995 g/mol. The van der Waals surface area contributed by atoms with Crippen molar-refractivity contribution in [1.29, 1.82) is 0 Å². The first-order valence-corrected chi connectivity index (χ1v) is 25.0. The van der Waals surface area contributed by atoms with Crippen LogP contribution in [0.3, 0.4) is 0 Å². The quantitative estimate of drug-likeness (QED) is 0.0828. The molecule has 18 nitrogen and oxygen atoms in total. The van der Waals surface area contributed by atoms with Crippen LogP contribution in [-0.2, 0) is 37.1 Å². The number of carbonyl (C=O) groups is 3. The summed E-state index contributed by atoms with van der Waals surface area (Å²) in [6, 6.07) is 18.5. The van der Waals surface area contributed by atoms with Crippen LogP contribution in [0.2, 0.25) is 0 Å². The van der Waals surface area contributed by atoms with Crippen molar-refractivity contribution in [3.8, 4) is 22.5 Å². The maximum absolute atomic E-state index is 15.9. The molecule has 2 fully saturated rings. The highest BCUT2D eigenvalue weighted by Gasteiger charge is 2.37.